The maximum atomic E-state index is 13.3. The molecule has 0 aliphatic heterocycles. The van der Waals surface area contributed by atoms with Crippen molar-refractivity contribution < 1.29 is 0 Å². The summed E-state index contributed by atoms with van der Waals surface area (Å²) in [6.45, 7) is 4.67. The fourth-order valence-electron chi connectivity index (χ4n) is 3.21. The molecule has 0 spiro atoms. The number of hydrogen-bond acceptors (Lipinski definition) is 5. The first-order valence-electron chi connectivity index (χ1n) is 8.59. The fraction of sp³-hybridized carbons (Fsp3) is 0.263. The maximum absolute atomic E-state index is 13.3. The Bertz CT molecular complexity index is 1080. The summed E-state index contributed by atoms with van der Waals surface area (Å²) in [5.74, 6) is 0. The van der Waals surface area contributed by atoms with Gasteiger partial charge in [0, 0.05) is 10.4 Å². The van der Waals surface area contributed by atoms with E-state index in [1.165, 1.54) is 11.2 Å². The van der Waals surface area contributed by atoms with Crippen molar-refractivity contribution in [1.82, 2.24) is 24.3 Å². The second-order valence-electron chi connectivity index (χ2n) is 6.22. The topological polar surface area (TPSA) is 65.6 Å². The zero-order valence-corrected chi connectivity index (χ0v) is 15.5. The van der Waals surface area contributed by atoms with Crippen LogP contribution in [-0.2, 0) is 13.0 Å². The quantitative estimate of drug-likeness (QED) is 0.543. The van der Waals surface area contributed by atoms with E-state index in [1.54, 1.807) is 33.2 Å². The standard InChI is InChI=1S/C19H19N5OS/c1-3-15-16(14-7-5-4-6-8-14)17-18(26-15)21-12-24(19(17)25)13(2)9-23-11-20-10-22-23/h4-8,10-13H,3,9H2,1-2H3/t13-/m1/s1. The molecule has 132 valence electrons. The van der Waals surface area contributed by atoms with Crippen molar-refractivity contribution in [3.63, 3.8) is 0 Å². The number of rotatable bonds is 5. The summed E-state index contributed by atoms with van der Waals surface area (Å²) in [5.41, 5.74) is 2.08. The largest absolute Gasteiger partial charge is 0.294 e. The molecule has 0 bridgehead atoms. The van der Waals surface area contributed by atoms with E-state index in [4.69, 9.17) is 0 Å². The van der Waals surface area contributed by atoms with Gasteiger partial charge in [0.25, 0.3) is 5.56 Å². The number of benzene rings is 1. The van der Waals surface area contributed by atoms with Gasteiger partial charge >= 0.3 is 0 Å². The van der Waals surface area contributed by atoms with E-state index >= 15 is 0 Å². The van der Waals surface area contributed by atoms with Crippen LogP contribution in [0.5, 0.6) is 0 Å². The molecule has 0 saturated heterocycles. The summed E-state index contributed by atoms with van der Waals surface area (Å²) in [7, 11) is 0. The molecule has 0 radical (unpaired) electrons. The minimum atomic E-state index is -0.0744. The van der Waals surface area contributed by atoms with Gasteiger partial charge in [-0.1, -0.05) is 37.3 Å². The third kappa shape index (κ3) is 2.84. The predicted molar refractivity (Wildman–Crippen MR) is 103 cm³/mol. The van der Waals surface area contributed by atoms with Crippen LogP contribution in [0.3, 0.4) is 0 Å². The predicted octanol–water partition coefficient (Wildman–Crippen LogP) is 3.54. The zero-order valence-electron chi connectivity index (χ0n) is 14.7. The van der Waals surface area contributed by atoms with Crippen molar-refractivity contribution in [3.05, 3.63) is 64.5 Å². The molecule has 4 rings (SSSR count). The van der Waals surface area contributed by atoms with Crippen LogP contribution in [0.25, 0.3) is 21.3 Å². The van der Waals surface area contributed by atoms with Crippen LogP contribution >= 0.6 is 11.3 Å². The molecule has 6 nitrogen and oxygen atoms in total. The number of nitrogens with zero attached hydrogens (tertiary/aromatic N) is 5. The van der Waals surface area contributed by atoms with Crippen LogP contribution < -0.4 is 5.56 Å². The molecular weight excluding hydrogens is 346 g/mol. The van der Waals surface area contributed by atoms with Crippen molar-refractivity contribution in [2.45, 2.75) is 32.9 Å². The van der Waals surface area contributed by atoms with E-state index in [2.05, 4.69) is 34.1 Å². The molecule has 0 amide bonds. The summed E-state index contributed by atoms with van der Waals surface area (Å²) in [5, 5.41) is 4.84. The Balaban J connectivity index is 1.88. The Kier molecular flexibility index (Phi) is 4.38. The molecule has 0 aliphatic carbocycles. The van der Waals surface area contributed by atoms with Gasteiger partial charge in [0.05, 0.1) is 24.3 Å². The molecule has 0 fully saturated rings. The summed E-state index contributed by atoms with van der Waals surface area (Å²) >= 11 is 1.61. The molecule has 3 heterocycles. The van der Waals surface area contributed by atoms with Gasteiger partial charge in [-0.3, -0.25) is 14.0 Å². The lowest BCUT2D eigenvalue weighted by Gasteiger charge is -2.14. The third-order valence-corrected chi connectivity index (χ3v) is 5.73. The van der Waals surface area contributed by atoms with Gasteiger partial charge in [0.1, 0.15) is 17.5 Å². The average Bonchev–Trinajstić information content (AvgIpc) is 3.30. The molecule has 1 aromatic carbocycles. The van der Waals surface area contributed by atoms with Crippen molar-refractivity contribution in [2.75, 3.05) is 0 Å². The van der Waals surface area contributed by atoms with E-state index in [-0.39, 0.29) is 11.6 Å². The molecule has 0 unspecified atom stereocenters. The van der Waals surface area contributed by atoms with Crippen molar-refractivity contribution in [3.8, 4) is 11.1 Å². The molecule has 0 saturated carbocycles. The van der Waals surface area contributed by atoms with Crippen molar-refractivity contribution in [2.24, 2.45) is 0 Å². The lowest BCUT2D eigenvalue weighted by atomic mass is 10.0. The third-order valence-electron chi connectivity index (χ3n) is 4.49. The molecule has 26 heavy (non-hydrogen) atoms. The highest BCUT2D eigenvalue weighted by molar-refractivity contribution is 7.19. The number of hydrogen-bond donors (Lipinski definition) is 0. The van der Waals surface area contributed by atoms with E-state index in [9.17, 15) is 4.79 Å². The number of aryl methyl sites for hydroxylation is 1. The summed E-state index contributed by atoms with van der Waals surface area (Å²) in [6, 6.07) is 10.0. The highest BCUT2D eigenvalue weighted by Gasteiger charge is 2.19. The monoisotopic (exact) mass is 365 g/mol. The van der Waals surface area contributed by atoms with Crippen LogP contribution in [0.2, 0.25) is 0 Å². The van der Waals surface area contributed by atoms with Crippen LogP contribution in [-0.4, -0.2) is 24.3 Å². The van der Waals surface area contributed by atoms with E-state index in [0.29, 0.717) is 11.9 Å². The minimum absolute atomic E-state index is 0.00239. The zero-order chi connectivity index (χ0) is 18.1. The molecule has 0 aliphatic rings. The molecule has 4 aromatic rings. The first-order chi connectivity index (χ1) is 12.7. The molecule has 7 heteroatoms. The number of fused-ring (bicyclic) bond motifs is 1. The summed E-state index contributed by atoms with van der Waals surface area (Å²) < 4.78 is 3.42. The van der Waals surface area contributed by atoms with Gasteiger partial charge in [-0.15, -0.1) is 11.3 Å². The van der Waals surface area contributed by atoms with Gasteiger partial charge in [0.2, 0.25) is 0 Å². The van der Waals surface area contributed by atoms with Gasteiger partial charge < -0.3 is 0 Å². The van der Waals surface area contributed by atoms with Crippen LogP contribution in [0, 0.1) is 0 Å². The molecule has 0 N–H and O–H groups in total. The van der Waals surface area contributed by atoms with Crippen LogP contribution in [0.1, 0.15) is 24.8 Å². The molecule has 1 atom stereocenters. The summed E-state index contributed by atoms with van der Waals surface area (Å²) in [4.78, 5) is 23.8. The fourth-order valence-corrected chi connectivity index (χ4v) is 4.30. The van der Waals surface area contributed by atoms with E-state index < -0.39 is 0 Å². The number of thiophene rings is 1. The smallest absolute Gasteiger partial charge is 0.263 e. The Morgan fingerprint density at radius 3 is 2.69 bits per heavy atom. The molecular formula is C19H19N5OS. The Morgan fingerprint density at radius 2 is 2.00 bits per heavy atom. The second kappa shape index (κ2) is 6.84. The van der Waals surface area contributed by atoms with Crippen molar-refractivity contribution in [1.29, 1.82) is 0 Å². The lowest BCUT2D eigenvalue weighted by Crippen LogP contribution is -2.26. The van der Waals surface area contributed by atoms with Gasteiger partial charge in [-0.25, -0.2) is 9.97 Å². The highest BCUT2D eigenvalue weighted by atomic mass is 32.1. The van der Waals surface area contributed by atoms with Crippen molar-refractivity contribution >= 4 is 21.6 Å². The van der Waals surface area contributed by atoms with Gasteiger partial charge in [-0.2, -0.15) is 5.10 Å². The van der Waals surface area contributed by atoms with Gasteiger partial charge in [0.15, 0.2) is 0 Å². The van der Waals surface area contributed by atoms with Gasteiger partial charge in [-0.05, 0) is 18.9 Å². The normalized spacial score (nSPS) is 12.5. The molecule has 3 aromatic heterocycles. The first-order valence-corrected chi connectivity index (χ1v) is 9.41. The Hall–Kier alpha value is -2.80. The SMILES string of the molecule is CCc1sc2ncn([C@H](C)Cn3cncn3)c(=O)c2c1-c1ccccc1. The van der Waals surface area contributed by atoms with Crippen LogP contribution in [0.4, 0.5) is 0 Å². The van der Waals surface area contributed by atoms with E-state index in [1.807, 2.05) is 25.1 Å². The Labute approximate surface area is 154 Å². The summed E-state index contributed by atoms with van der Waals surface area (Å²) in [6.07, 6.45) is 5.68. The minimum Gasteiger partial charge on any atom is -0.294 e. The highest BCUT2D eigenvalue weighted by Crippen LogP contribution is 2.36. The van der Waals surface area contributed by atoms with Crippen LogP contribution in [0.15, 0.2) is 54.1 Å². The second-order valence-corrected chi connectivity index (χ2v) is 7.31. The van der Waals surface area contributed by atoms with E-state index in [0.717, 1.165) is 22.4 Å². The average molecular weight is 365 g/mol. The first kappa shape index (κ1) is 16.7. The maximum Gasteiger partial charge on any atom is 0.263 e. The lowest BCUT2D eigenvalue weighted by molar-refractivity contribution is 0.425. The number of aromatic nitrogens is 5. The Morgan fingerprint density at radius 1 is 1.19 bits per heavy atom.